The van der Waals surface area contributed by atoms with Gasteiger partial charge in [0, 0.05) is 12.1 Å². The number of thiocarbonyl (C=S) groups is 1. The lowest BCUT2D eigenvalue weighted by Gasteiger charge is -2.28. The number of nitro benzene ring substituents is 1. The van der Waals surface area contributed by atoms with Crippen molar-refractivity contribution in [2.75, 3.05) is 11.5 Å². The van der Waals surface area contributed by atoms with Gasteiger partial charge in [0.25, 0.3) is 17.5 Å². The zero-order valence-electron chi connectivity index (χ0n) is 19.2. The Morgan fingerprint density at radius 1 is 1.00 bits per heavy atom. The maximum absolute atomic E-state index is 13.2. The monoisotopic (exact) mass is 503 g/mol. The second-order valence-electron chi connectivity index (χ2n) is 7.64. The number of rotatable bonds is 8. The number of carbonyl (C=O) groups is 2. The van der Waals surface area contributed by atoms with Crippen molar-refractivity contribution in [1.29, 1.82) is 0 Å². The van der Waals surface area contributed by atoms with Crippen molar-refractivity contribution < 1.29 is 24.0 Å². The normalized spacial score (nSPS) is 14.5. The van der Waals surface area contributed by atoms with Crippen LogP contribution in [0, 0.1) is 10.1 Å². The van der Waals surface area contributed by atoms with Crippen LogP contribution in [0.5, 0.6) is 11.5 Å². The van der Waals surface area contributed by atoms with E-state index in [1.165, 1.54) is 23.1 Å². The van der Waals surface area contributed by atoms with Gasteiger partial charge in [0.2, 0.25) is 0 Å². The Hall–Kier alpha value is -4.57. The molecule has 0 unspecified atom stereocenters. The molecule has 1 fully saturated rings. The molecule has 1 aliphatic rings. The summed E-state index contributed by atoms with van der Waals surface area (Å²) in [7, 11) is 0. The molecule has 1 N–H and O–H groups in total. The fraction of sp³-hybridized carbons (Fsp3) is 0.115. The third kappa shape index (κ3) is 5.39. The van der Waals surface area contributed by atoms with Gasteiger partial charge < -0.3 is 9.47 Å². The minimum atomic E-state index is -0.589. The third-order valence-electron chi connectivity index (χ3n) is 5.24. The number of benzene rings is 3. The number of nitro groups is 1. The fourth-order valence-corrected chi connectivity index (χ4v) is 3.79. The van der Waals surface area contributed by atoms with Crippen molar-refractivity contribution >= 4 is 46.6 Å². The van der Waals surface area contributed by atoms with E-state index < -0.39 is 16.7 Å². The fourth-order valence-electron chi connectivity index (χ4n) is 3.51. The standard InChI is InChI=1S/C26H21N3O6S/c1-2-34-23-15-18(10-13-22(23)35-16-17-8-11-20(12-9-17)29(32)33)14-21-24(30)27-26(36)28(25(21)31)19-6-4-3-5-7-19/h3-15H,2,16H2,1H3,(H,27,30,36)/b21-14-. The highest BCUT2D eigenvalue weighted by molar-refractivity contribution is 7.80. The number of anilines is 1. The first-order valence-corrected chi connectivity index (χ1v) is 11.4. The molecule has 0 spiro atoms. The first kappa shape index (κ1) is 24.6. The van der Waals surface area contributed by atoms with E-state index in [0.717, 1.165) is 5.56 Å². The number of hydrogen-bond donors (Lipinski definition) is 1. The van der Waals surface area contributed by atoms with E-state index in [-0.39, 0.29) is 23.0 Å². The van der Waals surface area contributed by atoms with Crippen molar-refractivity contribution in [2.24, 2.45) is 0 Å². The van der Waals surface area contributed by atoms with E-state index >= 15 is 0 Å². The van der Waals surface area contributed by atoms with E-state index in [9.17, 15) is 19.7 Å². The molecular formula is C26H21N3O6S. The highest BCUT2D eigenvalue weighted by Crippen LogP contribution is 2.31. The molecular weight excluding hydrogens is 482 g/mol. The predicted octanol–water partition coefficient (Wildman–Crippen LogP) is 4.40. The summed E-state index contributed by atoms with van der Waals surface area (Å²) in [6.07, 6.45) is 1.47. The maximum Gasteiger partial charge on any atom is 0.270 e. The summed E-state index contributed by atoms with van der Waals surface area (Å²) in [5, 5.41) is 13.4. The van der Waals surface area contributed by atoms with Gasteiger partial charge in [-0.05, 0) is 72.7 Å². The van der Waals surface area contributed by atoms with Crippen LogP contribution in [-0.2, 0) is 16.2 Å². The number of nitrogens with zero attached hydrogens (tertiary/aromatic N) is 2. The van der Waals surface area contributed by atoms with Crippen molar-refractivity contribution in [3.63, 3.8) is 0 Å². The Bertz CT molecular complexity index is 1360. The van der Waals surface area contributed by atoms with Crippen molar-refractivity contribution in [1.82, 2.24) is 5.32 Å². The highest BCUT2D eigenvalue weighted by Gasteiger charge is 2.34. The SMILES string of the molecule is CCOc1cc(/C=C2/C(=O)NC(=S)N(c3ccccc3)C2=O)ccc1OCc1ccc([N+](=O)[O-])cc1. The van der Waals surface area contributed by atoms with Crippen molar-refractivity contribution in [3.05, 3.63) is 99.6 Å². The van der Waals surface area contributed by atoms with Gasteiger partial charge >= 0.3 is 0 Å². The summed E-state index contributed by atoms with van der Waals surface area (Å²) in [5.41, 5.74) is 1.77. The summed E-state index contributed by atoms with van der Waals surface area (Å²) in [5.74, 6) is -0.253. The molecule has 1 heterocycles. The van der Waals surface area contributed by atoms with Gasteiger partial charge in [-0.3, -0.25) is 29.9 Å². The molecule has 0 aromatic heterocycles. The van der Waals surface area contributed by atoms with Crippen LogP contribution in [0.2, 0.25) is 0 Å². The van der Waals surface area contributed by atoms with E-state index in [1.807, 2.05) is 13.0 Å². The molecule has 0 saturated carbocycles. The second kappa shape index (κ2) is 10.8. The molecule has 1 saturated heterocycles. The van der Waals surface area contributed by atoms with Crippen LogP contribution >= 0.6 is 12.2 Å². The molecule has 9 nitrogen and oxygen atoms in total. The zero-order chi connectivity index (χ0) is 25.7. The van der Waals surface area contributed by atoms with Gasteiger partial charge in [0.05, 0.1) is 17.2 Å². The van der Waals surface area contributed by atoms with E-state index in [0.29, 0.717) is 29.4 Å². The number of carbonyl (C=O) groups excluding carboxylic acids is 2. The predicted molar refractivity (Wildman–Crippen MR) is 138 cm³/mol. The molecule has 0 radical (unpaired) electrons. The first-order chi connectivity index (χ1) is 17.4. The van der Waals surface area contributed by atoms with Crippen LogP contribution in [-0.4, -0.2) is 28.5 Å². The molecule has 3 aromatic carbocycles. The van der Waals surface area contributed by atoms with E-state index in [1.54, 1.807) is 54.6 Å². The molecule has 1 aliphatic heterocycles. The van der Waals surface area contributed by atoms with Crippen molar-refractivity contribution in [2.45, 2.75) is 13.5 Å². The molecule has 10 heteroatoms. The average Bonchev–Trinajstić information content (AvgIpc) is 2.87. The molecule has 2 amide bonds. The molecule has 36 heavy (non-hydrogen) atoms. The number of nitrogens with one attached hydrogen (secondary N) is 1. The van der Waals surface area contributed by atoms with Crippen LogP contribution in [0.15, 0.2) is 78.4 Å². The summed E-state index contributed by atoms with van der Waals surface area (Å²) < 4.78 is 11.6. The quantitative estimate of drug-likeness (QED) is 0.159. The number of para-hydroxylation sites is 1. The maximum atomic E-state index is 13.2. The van der Waals surface area contributed by atoms with Gasteiger partial charge in [-0.25, -0.2) is 0 Å². The van der Waals surface area contributed by atoms with Gasteiger partial charge in [0.1, 0.15) is 12.2 Å². The Kier molecular flexibility index (Phi) is 7.36. The second-order valence-corrected chi connectivity index (χ2v) is 8.03. The molecule has 0 bridgehead atoms. The first-order valence-electron chi connectivity index (χ1n) is 11.0. The summed E-state index contributed by atoms with van der Waals surface area (Å²) in [6.45, 7) is 2.36. The summed E-state index contributed by atoms with van der Waals surface area (Å²) >= 11 is 5.22. The number of non-ortho nitro benzene ring substituents is 1. The van der Waals surface area contributed by atoms with Crippen molar-refractivity contribution in [3.8, 4) is 11.5 Å². The zero-order valence-corrected chi connectivity index (χ0v) is 20.0. The Labute approximate surface area is 212 Å². The van der Waals surface area contributed by atoms with Gasteiger partial charge in [-0.15, -0.1) is 0 Å². The largest absolute Gasteiger partial charge is 0.490 e. The molecule has 3 aromatic rings. The van der Waals surface area contributed by atoms with E-state index in [2.05, 4.69) is 5.32 Å². The van der Waals surface area contributed by atoms with Crippen LogP contribution < -0.4 is 19.7 Å². The minimum Gasteiger partial charge on any atom is -0.490 e. The highest BCUT2D eigenvalue weighted by atomic mass is 32.1. The van der Waals surface area contributed by atoms with Crippen LogP contribution in [0.25, 0.3) is 6.08 Å². The Balaban J connectivity index is 1.57. The van der Waals surface area contributed by atoms with Crippen LogP contribution in [0.3, 0.4) is 0 Å². The van der Waals surface area contributed by atoms with Gasteiger partial charge in [-0.1, -0.05) is 24.3 Å². The topological polar surface area (TPSA) is 111 Å². The lowest BCUT2D eigenvalue weighted by atomic mass is 10.1. The lowest BCUT2D eigenvalue weighted by Crippen LogP contribution is -2.54. The van der Waals surface area contributed by atoms with E-state index in [4.69, 9.17) is 21.7 Å². The molecule has 182 valence electrons. The Morgan fingerprint density at radius 3 is 2.39 bits per heavy atom. The molecule has 4 rings (SSSR count). The lowest BCUT2D eigenvalue weighted by molar-refractivity contribution is -0.384. The van der Waals surface area contributed by atoms with Crippen LogP contribution in [0.1, 0.15) is 18.1 Å². The number of amides is 2. The molecule has 0 aliphatic carbocycles. The van der Waals surface area contributed by atoms with Crippen LogP contribution in [0.4, 0.5) is 11.4 Å². The smallest absolute Gasteiger partial charge is 0.270 e. The molecule has 0 atom stereocenters. The summed E-state index contributed by atoms with van der Waals surface area (Å²) in [4.78, 5) is 37.4. The third-order valence-corrected chi connectivity index (χ3v) is 5.52. The number of hydrogen-bond acceptors (Lipinski definition) is 7. The van der Waals surface area contributed by atoms with Gasteiger partial charge in [-0.2, -0.15) is 0 Å². The summed E-state index contributed by atoms with van der Waals surface area (Å²) in [6, 6.07) is 19.9. The van der Waals surface area contributed by atoms with Gasteiger partial charge in [0.15, 0.2) is 16.6 Å². The Morgan fingerprint density at radius 2 is 1.72 bits per heavy atom. The minimum absolute atomic E-state index is 0.000894. The average molecular weight is 504 g/mol. The number of ether oxygens (including phenoxy) is 2.